The van der Waals surface area contributed by atoms with Crippen molar-refractivity contribution >= 4 is 40.7 Å². The van der Waals surface area contributed by atoms with E-state index in [0.29, 0.717) is 9.79 Å². The highest BCUT2D eigenvalue weighted by Gasteiger charge is 2.31. The number of halogens is 6. The monoisotopic (exact) mass is 355 g/mol. The first-order valence-corrected chi connectivity index (χ1v) is 7.05. The highest BCUT2D eigenvalue weighted by Crippen LogP contribution is 2.40. The fraction of sp³-hybridized carbons (Fsp3) is 0.0769. The zero-order valence-electron chi connectivity index (χ0n) is 10.1. The van der Waals surface area contributed by atoms with Crippen molar-refractivity contribution in [3.63, 3.8) is 0 Å². The molecular weight excluding hydrogens is 349 g/mol. The van der Waals surface area contributed by atoms with E-state index in [1.807, 2.05) is 0 Å². The molecule has 0 aliphatic carbocycles. The lowest BCUT2D eigenvalue weighted by Crippen LogP contribution is -2.04. The van der Waals surface area contributed by atoms with Gasteiger partial charge in [-0.1, -0.05) is 35.0 Å². The standard InChI is InChI=1S/C13H7Cl2F4NS/c14-7-3-6(13(17,18)19)1-2-11(7)21-12-5-9(16)10(20)4-8(12)15/h1-5H,20H2. The van der Waals surface area contributed by atoms with Crippen LogP contribution in [0.25, 0.3) is 0 Å². The van der Waals surface area contributed by atoms with E-state index in [4.69, 9.17) is 28.9 Å². The van der Waals surface area contributed by atoms with Crippen molar-refractivity contribution in [2.75, 3.05) is 5.73 Å². The average molecular weight is 356 g/mol. The summed E-state index contributed by atoms with van der Waals surface area (Å²) < 4.78 is 51.0. The minimum absolute atomic E-state index is 0.0943. The molecule has 2 N–H and O–H groups in total. The molecule has 0 fully saturated rings. The molecule has 0 amide bonds. The first-order chi connectivity index (χ1) is 9.68. The number of anilines is 1. The molecule has 112 valence electrons. The second kappa shape index (κ2) is 5.94. The fourth-order valence-electron chi connectivity index (χ4n) is 1.50. The van der Waals surface area contributed by atoms with Gasteiger partial charge in [0.25, 0.3) is 0 Å². The first-order valence-electron chi connectivity index (χ1n) is 5.47. The van der Waals surface area contributed by atoms with E-state index in [1.165, 1.54) is 12.1 Å². The maximum absolute atomic E-state index is 13.4. The predicted molar refractivity (Wildman–Crippen MR) is 76.4 cm³/mol. The minimum atomic E-state index is -4.47. The molecule has 0 aliphatic rings. The summed E-state index contributed by atoms with van der Waals surface area (Å²) in [4.78, 5) is 0.640. The van der Waals surface area contributed by atoms with Gasteiger partial charge in [-0.15, -0.1) is 0 Å². The van der Waals surface area contributed by atoms with Gasteiger partial charge in [0.15, 0.2) is 0 Å². The van der Waals surface area contributed by atoms with Crippen molar-refractivity contribution in [1.82, 2.24) is 0 Å². The van der Waals surface area contributed by atoms with Crippen LogP contribution in [0.15, 0.2) is 40.1 Å². The Morgan fingerprint density at radius 2 is 1.57 bits per heavy atom. The molecule has 0 atom stereocenters. The molecule has 1 nitrogen and oxygen atoms in total. The van der Waals surface area contributed by atoms with Crippen LogP contribution in [0.3, 0.4) is 0 Å². The maximum atomic E-state index is 13.4. The van der Waals surface area contributed by atoms with Gasteiger partial charge < -0.3 is 5.73 Å². The number of nitrogen functional groups attached to an aromatic ring is 1. The van der Waals surface area contributed by atoms with Crippen molar-refractivity contribution in [2.24, 2.45) is 0 Å². The van der Waals surface area contributed by atoms with Gasteiger partial charge in [-0.05, 0) is 30.3 Å². The summed E-state index contributed by atoms with van der Waals surface area (Å²) in [7, 11) is 0. The average Bonchev–Trinajstić information content (AvgIpc) is 2.36. The summed E-state index contributed by atoms with van der Waals surface area (Å²) in [6.45, 7) is 0. The second-order valence-electron chi connectivity index (χ2n) is 4.05. The summed E-state index contributed by atoms with van der Waals surface area (Å²) in [5.41, 5.74) is 4.40. The maximum Gasteiger partial charge on any atom is 0.416 e. The Labute approximate surface area is 132 Å². The lowest BCUT2D eigenvalue weighted by molar-refractivity contribution is -0.137. The highest BCUT2D eigenvalue weighted by atomic mass is 35.5. The summed E-state index contributed by atoms with van der Waals surface area (Å²) in [5.74, 6) is -0.662. The number of rotatable bonds is 2. The topological polar surface area (TPSA) is 26.0 Å². The van der Waals surface area contributed by atoms with Gasteiger partial charge in [-0.2, -0.15) is 13.2 Å². The van der Waals surface area contributed by atoms with Crippen LogP contribution in [0.5, 0.6) is 0 Å². The quantitative estimate of drug-likeness (QED) is 0.537. The van der Waals surface area contributed by atoms with E-state index < -0.39 is 17.6 Å². The van der Waals surface area contributed by atoms with Crippen LogP contribution in [-0.4, -0.2) is 0 Å². The van der Waals surface area contributed by atoms with Crippen molar-refractivity contribution in [3.05, 3.63) is 51.8 Å². The van der Waals surface area contributed by atoms with Gasteiger partial charge in [-0.3, -0.25) is 0 Å². The molecular formula is C13H7Cl2F4NS. The van der Waals surface area contributed by atoms with E-state index >= 15 is 0 Å². The van der Waals surface area contributed by atoms with Gasteiger partial charge in [0.05, 0.1) is 21.3 Å². The molecule has 0 aromatic heterocycles. The zero-order valence-corrected chi connectivity index (χ0v) is 12.5. The lowest BCUT2D eigenvalue weighted by atomic mass is 10.2. The highest BCUT2D eigenvalue weighted by molar-refractivity contribution is 7.99. The third-order valence-corrected chi connectivity index (χ3v) is 4.51. The van der Waals surface area contributed by atoms with E-state index in [1.54, 1.807) is 0 Å². The lowest BCUT2D eigenvalue weighted by Gasteiger charge is -2.11. The van der Waals surface area contributed by atoms with Crippen LogP contribution in [0.1, 0.15) is 5.56 Å². The molecule has 8 heteroatoms. The van der Waals surface area contributed by atoms with Gasteiger partial charge in [0.2, 0.25) is 0 Å². The molecule has 0 radical (unpaired) electrons. The Balaban J connectivity index is 2.35. The van der Waals surface area contributed by atoms with E-state index in [-0.39, 0.29) is 15.7 Å². The van der Waals surface area contributed by atoms with Crippen molar-refractivity contribution < 1.29 is 17.6 Å². The molecule has 2 aromatic carbocycles. The Morgan fingerprint density at radius 3 is 2.14 bits per heavy atom. The van der Waals surface area contributed by atoms with Crippen LogP contribution in [-0.2, 0) is 6.18 Å². The molecule has 0 heterocycles. The summed E-state index contributed by atoms with van der Waals surface area (Å²) in [6.07, 6.45) is -4.47. The summed E-state index contributed by atoms with van der Waals surface area (Å²) >= 11 is 12.7. The van der Waals surface area contributed by atoms with Gasteiger partial charge in [0, 0.05) is 9.79 Å². The predicted octanol–water partition coefficient (Wildman–Crippen LogP) is 5.88. The Morgan fingerprint density at radius 1 is 0.952 bits per heavy atom. The molecule has 0 spiro atoms. The molecule has 0 unspecified atom stereocenters. The van der Waals surface area contributed by atoms with Crippen LogP contribution in [0, 0.1) is 5.82 Å². The van der Waals surface area contributed by atoms with Crippen molar-refractivity contribution in [2.45, 2.75) is 16.0 Å². The molecule has 0 aliphatic heterocycles. The SMILES string of the molecule is Nc1cc(Cl)c(Sc2ccc(C(F)(F)F)cc2Cl)cc1F. The molecule has 0 saturated heterocycles. The largest absolute Gasteiger partial charge is 0.416 e. The Bertz CT molecular complexity index is 689. The fourth-order valence-corrected chi connectivity index (χ4v) is 2.93. The molecule has 0 bridgehead atoms. The van der Waals surface area contributed by atoms with Gasteiger partial charge >= 0.3 is 6.18 Å². The normalized spacial score (nSPS) is 11.7. The second-order valence-corrected chi connectivity index (χ2v) is 5.95. The third kappa shape index (κ3) is 3.75. The number of benzene rings is 2. The van der Waals surface area contributed by atoms with E-state index in [0.717, 1.165) is 30.0 Å². The van der Waals surface area contributed by atoms with Crippen LogP contribution >= 0.6 is 35.0 Å². The molecule has 21 heavy (non-hydrogen) atoms. The number of alkyl halides is 3. The third-order valence-electron chi connectivity index (χ3n) is 2.53. The first kappa shape index (κ1) is 16.3. The number of hydrogen-bond acceptors (Lipinski definition) is 2. The minimum Gasteiger partial charge on any atom is -0.396 e. The van der Waals surface area contributed by atoms with Crippen molar-refractivity contribution in [3.8, 4) is 0 Å². The smallest absolute Gasteiger partial charge is 0.396 e. The van der Waals surface area contributed by atoms with Crippen LogP contribution in [0.2, 0.25) is 10.0 Å². The molecule has 0 saturated carbocycles. The summed E-state index contributed by atoms with van der Waals surface area (Å²) in [6, 6.07) is 5.26. The van der Waals surface area contributed by atoms with E-state index in [2.05, 4.69) is 0 Å². The molecule has 2 rings (SSSR count). The number of nitrogens with two attached hydrogens (primary N) is 1. The van der Waals surface area contributed by atoms with Gasteiger partial charge in [-0.25, -0.2) is 4.39 Å². The number of hydrogen-bond donors (Lipinski definition) is 1. The zero-order chi connectivity index (χ0) is 15.8. The molecule has 2 aromatic rings. The van der Waals surface area contributed by atoms with Gasteiger partial charge in [0.1, 0.15) is 5.82 Å². The van der Waals surface area contributed by atoms with Crippen LogP contribution < -0.4 is 5.73 Å². The van der Waals surface area contributed by atoms with E-state index in [9.17, 15) is 17.6 Å². The van der Waals surface area contributed by atoms with Crippen molar-refractivity contribution in [1.29, 1.82) is 0 Å². The summed E-state index contributed by atoms with van der Waals surface area (Å²) in [5, 5.41) is 0.0954. The Hall–Kier alpha value is -1.11. The van der Waals surface area contributed by atoms with Crippen LogP contribution in [0.4, 0.5) is 23.2 Å². The Kier molecular flexibility index (Phi) is 4.60.